The molecule has 1 N–H and O–H groups in total. The lowest BCUT2D eigenvalue weighted by Crippen LogP contribution is -2.05. The molecule has 3 rings (SSSR count). The molecule has 6 nitrogen and oxygen atoms in total. The van der Waals surface area contributed by atoms with Gasteiger partial charge in [-0.2, -0.15) is 4.68 Å². The fourth-order valence-electron chi connectivity index (χ4n) is 2.16. The Labute approximate surface area is 143 Å². The molecular formula is C17H16N4O2S. The normalized spacial score (nSPS) is 10.7. The molecule has 0 atom stereocenters. The molecule has 0 aliphatic rings. The topological polar surface area (TPSA) is 80.9 Å². The van der Waals surface area contributed by atoms with E-state index in [4.69, 9.17) is 0 Å². The summed E-state index contributed by atoms with van der Waals surface area (Å²) in [6.07, 6.45) is 0.949. The summed E-state index contributed by atoms with van der Waals surface area (Å²) in [5, 5.41) is 21.4. The molecule has 0 bridgehead atoms. The number of rotatable bonds is 6. The average molecular weight is 340 g/mol. The first-order chi connectivity index (χ1) is 11.7. The van der Waals surface area contributed by atoms with Crippen molar-refractivity contribution in [2.75, 3.05) is 5.75 Å². The molecule has 7 heteroatoms. The van der Waals surface area contributed by atoms with E-state index in [1.165, 1.54) is 22.0 Å². The maximum atomic E-state index is 12.3. The maximum Gasteiger partial charge on any atom is 0.214 e. The van der Waals surface area contributed by atoms with Gasteiger partial charge in [-0.15, -0.1) is 5.10 Å². The molecule has 24 heavy (non-hydrogen) atoms. The summed E-state index contributed by atoms with van der Waals surface area (Å²) in [6, 6.07) is 14.2. The molecule has 0 radical (unpaired) electrons. The first kappa shape index (κ1) is 16.2. The largest absolute Gasteiger partial charge is 0.508 e. The van der Waals surface area contributed by atoms with E-state index in [0.29, 0.717) is 10.7 Å². The van der Waals surface area contributed by atoms with Crippen molar-refractivity contribution in [3.05, 3.63) is 59.7 Å². The molecule has 0 unspecified atom stereocenters. The minimum absolute atomic E-state index is 0.0305. The van der Waals surface area contributed by atoms with Gasteiger partial charge in [0.05, 0.1) is 11.4 Å². The highest BCUT2D eigenvalue weighted by molar-refractivity contribution is 7.99. The van der Waals surface area contributed by atoms with Crippen LogP contribution in [0.1, 0.15) is 22.8 Å². The van der Waals surface area contributed by atoms with Crippen LogP contribution in [-0.4, -0.2) is 36.8 Å². The third kappa shape index (κ3) is 3.62. The standard InChI is InChI=1S/C17H16N4O2S/c1-2-12-3-5-13(6-4-12)16(23)11-24-17-18-19-20-21(17)14-7-9-15(22)10-8-14/h3-10,22H,2,11H2,1H3. The van der Waals surface area contributed by atoms with Crippen LogP contribution in [0.2, 0.25) is 0 Å². The Morgan fingerprint density at radius 1 is 1.12 bits per heavy atom. The molecule has 0 aliphatic carbocycles. The molecule has 0 spiro atoms. The van der Waals surface area contributed by atoms with E-state index in [0.717, 1.165) is 12.1 Å². The van der Waals surface area contributed by atoms with Gasteiger partial charge in [-0.25, -0.2) is 0 Å². The van der Waals surface area contributed by atoms with Crippen LogP contribution in [0.3, 0.4) is 0 Å². The molecule has 3 aromatic rings. The van der Waals surface area contributed by atoms with Gasteiger partial charge in [0.2, 0.25) is 5.16 Å². The zero-order chi connectivity index (χ0) is 16.9. The number of benzene rings is 2. The van der Waals surface area contributed by atoms with E-state index >= 15 is 0 Å². The van der Waals surface area contributed by atoms with Crippen LogP contribution in [-0.2, 0) is 6.42 Å². The van der Waals surface area contributed by atoms with Crippen molar-refractivity contribution in [2.24, 2.45) is 0 Å². The third-order valence-electron chi connectivity index (χ3n) is 3.55. The van der Waals surface area contributed by atoms with Crippen LogP contribution in [0, 0.1) is 0 Å². The van der Waals surface area contributed by atoms with E-state index in [-0.39, 0.29) is 17.3 Å². The fraction of sp³-hybridized carbons (Fsp3) is 0.176. The van der Waals surface area contributed by atoms with Crippen LogP contribution in [0.5, 0.6) is 5.75 Å². The summed E-state index contributed by atoms with van der Waals surface area (Å²) in [5.41, 5.74) is 2.61. The number of ketones is 1. The number of aromatic nitrogens is 4. The highest BCUT2D eigenvalue weighted by Crippen LogP contribution is 2.21. The number of thioether (sulfide) groups is 1. The van der Waals surface area contributed by atoms with Gasteiger partial charge in [-0.3, -0.25) is 4.79 Å². The molecule has 1 aromatic heterocycles. The fourth-order valence-corrected chi connectivity index (χ4v) is 2.95. The molecule has 0 saturated carbocycles. The van der Waals surface area contributed by atoms with Crippen LogP contribution in [0.25, 0.3) is 5.69 Å². The Morgan fingerprint density at radius 3 is 2.50 bits per heavy atom. The van der Waals surface area contributed by atoms with Crippen LogP contribution in [0.4, 0.5) is 0 Å². The maximum absolute atomic E-state index is 12.3. The SMILES string of the molecule is CCc1ccc(C(=O)CSc2nnnn2-c2ccc(O)cc2)cc1. The lowest BCUT2D eigenvalue weighted by atomic mass is 10.1. The van der Waals surface area contributed by atoms with Crippen LogP contribution >= 0.6 is 11.8 Å². The summed E-state index contributed by atoms with van der Waals surface area (Å²) in [6.45, 7) is 2.08. The van der Waals surface area contributed by atoms with E-state index in [9.17, 15) is 9.90 Å². The van der Waals surface area contributed by atoms with Crippen molar-refractivity contribution in [1.82, 2.24) is 20.2 Å². The zero-order valence-electron chi connectivity index (χ0n) is 13.1. The summed E-state index contributed by atoms with van der Waals surface area (Å²) in [7, 11) is 0. The second-order valence-corrected chi connectivity index (χ2v) is 6.09. The molecule has 0 saturated heterocycles. The Morgan fingerprint density at radius 2 is 1.83 bits per heavy atom. The van der Waals surface area contributed by atoms with Crippen molar-refractivity contribution >= 4 is 17.5 Å². The number of aryl methyl sites for hydroxylation is 1. The Bertz CT molecular complexity index is 829. The summed E-state index contributed by atoms with van der Waals surface area (Å²) in [5.74, 6) is 0.457. The quantitative estimate of drug-likeness (QED) is 0.549. The van der Waals surface area contributed by atoms with E-state index in [1.807, 2.05) is 24.3 Å². The molecular weight excluding hydrogens is 324 g/mol. The first-order valence-electron chi connectivity index (χ1n) is 7.50. The van der Waals surface area contributed by atoms with E-state index < -0.39 is 0 Å². The molecule has 0 amide bonds. The number of phenolic OH excluding ortho intramolecular Hbond substituents is 1. The molecule has 0 aliphatic heterocycles. The lowest BCUT2D eigenvalue weighted by Gasteiger charge is -2.05. The average Bonchev–Trinajstić information content (AvgIpc) is 3.09. The van der Waals surface area contributed by atoms with Gasteiger partial charge in [0.1, 0.15) is 5.75 Å². The van der Waals surface area contributed by atoms with Gasteiger partial charge in [0, 0.05) is 5.56 Å². The second kappa shape index (κ2) is 7.27. The summed E-state index contributed by atoms with van der Waals surface area (Å²) < 4.78 is 1.54. The van der Waals surface area contributed by atoms with Crippen molar-refractivity contribution < 1.29 is 9.90 Å². The van der Waals surface area contributed by atoms with Gasteiger partial charge in [0.25, 0.3) is 0 Å². The number of Topliss-reactive ketones (excluding diaryl/α,β-unsaturated/α-hetero) is 1. The first-order valence-corrected chi connectivity index (χ1v) is 8.48. The lowest BCUT2D eigenvalue weighted by molar-refractivity contribution is 0.102. The number of aromatic hydroxyl groups is 1. The van der Waals surface area contributed by atoms with Gasteiger partial charge >= 0.3 is 0 Å². The Kier molecular flexibility index (Phi) is 4.90. The Balaban J connectivity index is 1.69. The van der Waals surface area contributed by atoms with Gasteiger partial charge in [-0.05, 0) is 46.7 Å². The molecule has 1 heterocycles. The smallest absolute Gasteiger partial charge is 0.214 e. The number of hydrogen-bond acceptors (Lipinski definition) is 6. The Hall–Kier alpha value is -2.67. The number of carbonyl (C=O) groups is 1. The molecule has 2 aromatic carbocycles. The van der Waals surface area contributed by atoms with Crippen molar-refractivity contribution in [1.29, 1.82) is 0 Å². The third-order valence-corrected chi connectivity index (χ3v) is 4.47. The van der Waals surface area contributed by atoms with Gasteiger partial charge in [0.15, 0.2) is 5.78 Å². The second-order valence-electron chi connectivity index (χ2n) is 5.15. The zero-order valence-corrected chi connectivity index (χ0v) is 13.9. The highest BCUT2D eigenvalue weighted by atomic mass is 32.2. The number of hydrogen-bond donors (Lipinski definition) is 1. The number of carbonyl (C=O) groups excluding carboxylic acids is 1. The number of tetrazole rings is 1. The van der Waals surface area contributed by atoms with Crippen molar-refractivity contribution in [3.8, 4) is 11.4 Å². The van der Waals surface area contributed by atoms with Crippen molar-refractivity contribution in [3.63, 3.8) is 0 Å². The predicted molar refractivity (Wildman–Crippen MR) is 91.7 cm³/mol. The van der Waals surface area contributed by atoms with Crippen molar-refractivity contribution in [2.45, 2.75) is 18.5 Å². The van der Waals surface area contributed by atoms with E-state index in [1.54, 1.807) is 24.3 Å². The number of phenols is 1. The van der Waals surface area contributed by atoms with Gasteiger partial charge in [-0.1, -0.05) is 43.0 Å². The van der Waals surface area contributed by atoms with Crippen LogP contribution < -0.4 is 0 Å². The molecule has 0 fully saturated rings. The summed E-state index contributed by atoms with van der Waals surface area (Å²) >= 11 is 1.28. The predicted octanol–water partition coefficient (Wildman–Crippen LogP) is 2.91. The van der Waals surface area contributed by atoms with E-state index in [2.05, 4.69) is 22.4 Å². The van der Waals surface area contributed by atoms with Crippen LogP contribution in [0.15, 0.2) is 53.7 Å². The monoisotopic (exact) mass is 340 g/mol. The minimum Gasteiger partial charge on any atom is -0.508 e. The number of nitrogens with zero attached hydrogens (tertiary/aromatic N) is 4. The summed E-state index contributed by atoms with van der Waals surface area (Å²) in [4.78, 5) is 12.3. The molecule has 122 valence electrons. The van der Waals surface area contributed by atoms with Gasteiger partial charge < -0.3 is 5.11 Å². The minimum atomic E-state index is 0.0305. The highest BCUT2D eigenvalue weighted by Gasteiger charge is 2.13.